The van der Waals surface area contributed by atoms with Gasteiger partial charge in [0, 0.05) is 37.9 Å². The molecule has 1 aliphatic heterocycles. The Morgan fingerprint density at radius 2 is 2.00 bits per heavy atom. The molecule has 6 heteroatoms. The number of aromatic nitrogens is 1. The van der Waals surface area contributed by atoms with Crippen molar-refractivity contribution in [2.24, 2.45) is 5.92 Å². The van der Waals surface area contributed by atoms with Crippen LogP contribution in [0.5, 0.6) is 0 Å². The summed E-state index contributed by atoms with van der Waals surface area (Å²) in [6.07, 6.45) is 0.938. The molecule has 1 fully saturated rings. The minimum Gasteiger partial charge on any atom is -0.384 e. The summed E-state index contributed by atoms with van der Waals surface area (Å²) in [6, 6.07) is 11.4. The summed E-state index contributed by atoms with van der Waals surface area (Å²) in [4.78, 5) is 9.19. The predicted molar refractivity (Wildman–Crippen MR) is 113 cm³/mol. The zero-order valence-corrected chi connectivity index (χ0v) is 17.2. The van der Waals surface area contributed by atoms with Crippen LogP contribution in [0.2, 0.25) is 0 Å². The second-order valence-electron chi connectivity index (χ2n) is 8.10. The number of nitrogens with two attached hydrogens (primary N) is 1. The molecule has 1 aromatic heterocycles. The minimum atomic E-state index is -0.173. The summed E-state index contributed by atoms with van der Waals surface area (Å²) >= 11 is 0. The molecular weight excluding hydrogens is 353 g/mol. The molecule has 1 aliphatic rings. The van der Waals surface area contributed by atoms with E-state index >= 15 is 0 Å². The number of hydrogen-bond acceptors (Lipinski definition) is 5. The van der Waals surface area contributed by atoms with Crippen LogP contribution in [0, 0.1) is 18.7 Å². The summed E-state index contributed by atoms with van der Waals surface area (Å²) in [5, 5.41) is 3.53. The molecule has 3 rings (SSSR count). The molecule has 152 valence electrons. The standard InChI is InChI=1S/C22H32FN5/c1-16-9-20(26-22(24)10-16)12-18-13-25-14-21(18)28(3)8-7-27(2)15-17-5-4-6-19(23)11-17/h4-6,9-11,18,21,25H,7-8,12-15H2,1-3H3,(H2,24,26)/t18-,21+/m0/s1. The van der Waals surface area contributed by atoms with Gasteiger partial charge in [-0.3, -0.25) is 0 Å². The van der Waals surface area contributed by atoms with Gasteiger partial charge in [-0.25, -0.2) is 9.37 Å². The van der Waals surface area contributed by atoms with E-state index in [1.54, 1.807) is 12.1 Å². The van der Waals surface area contributed by atoms with Gasteiger partial charge in [0.2, 0.25) is 0 Å². The number of nitrogens with one attached hydrogen (secondary N) is 1. The first-order valence-corrected chi connectivity index (χ1v) is 9.97. The Morgan fingerprint density at radius 3 is 2.75 bits per heavy atom. The lowest BCUT2D eigenvalue weighted by atomic mass is 9.96. The number of rotatable bonds is 8. The summed E-state index contributed by atoms with van der Waals surface area (Å²) < 4.78 is 13.4. The van der Waals surface area contributed by atoms with E-state index in [0.717, 1.165) is 56.0 Å². The number of anilines is 1. The Bertz CT molecular complexity index is 761. The highest BCUT2D eigenvalue weighted by atomic mass is 19.1. The molecule has 1 aromatic carbocycles. The number of benzene rings is 1. The van der Waals surface area contributed by atoms with Gasteiger partial charge >= 0.3 is 0 Å². The smallest absolute Gasteiger partial charge is 0.123 e. The van der Waals surface area contributed by atoms with E-state index in [2.05, 4.69) is 47.2 Å². The van der Waals surface area contributed by atoms with Crippen LogP contribution in [0.1, 0.15) is 16.8 Å². The zero-order valence-electron chi connectivity index (χ0n) is 17.2. The number of nitrogens with zero attached hydrogens (tertiary/aromatic N) is 3. The first-order valence-electron chi connectivity index (χ1n) is 9.97. The van der Waals surface area contributed by atoms with Gasteiger partial charge in [0.25, 0.3) is 0 Å². The van der Waals surface area contributed by atoms with Crippen LogP contribution in [0.25, 0.3) is 0 Å². The molecule has 1 saturated heterocycles. The van der Waals surface area contributed by atoms with E-state index in [0.29, 0.717) is 17.8 Å². The van der Waals surface area contributed by atoms with Gasteiger partial charge in [-0.1, -0.05) is 12.1 Å². The summed E-state index contributed by atoms with van der Waals surface area (Å²) in [6.45, 7) is 6.72. The minimum absolute atomic E-state index is 0.173. The van der Waals surface area contributed by atoms with Crippen molar-refractivity contribution in [1.82, 2.24) is 20.1 Å². The number of aryl methyl sites for hydroxylation is 1. The lowest BCUT2D eigenvalue weighted by Crippen LogP contribution is -2.42. The fourth-order valence-corrected chi connectivity index (χ4v) is 4.10. The lowest BCUT2D eigenvalue weighted by Gasteiger charge is -2.30. The third-order valence-corrected chi connectivity index (χ3v) is 5.56. The Hall–Kier alpha value is -2.02. The van der Waals surface area contributed by atoms with Gasteiger partial charge < -0.3 is 20.9 Å². The van der Waals surface area contributed by atoms with Crippen molar-refractivity contribution in [3.8, 4) is 0 Å². The third kappa shape index (κ3) is 5.74. The number of nitrogen functional groups attached to an aromatic ring is 1. The van der Waals surface area contributed by atoms with Crippen molar-refractivity contribution in [1.29, 1.82) is 0 Å². The Kier molecular flexibility index (Phi) is 6.99. The maximum Gasteiger partial charge on any atom is 0.123 e. The number of hydrogen-bond donors (Lipinski definition) is 2. The normalized spacial score (nSPS) is 19.6. The van der Waals surface area contributed by atoms with Crippen LogP contribution in [-0.4, -0.2) is 61.1 Å². The SMILES string of the molecule is Cc1cc(N)nc(C[C@H]2CNC[C@H]2N(C)CCN(C)Cc2cccc(F)c2)c1. The highest BCUT2D eigenvalue weighted by Crippen LogP contribution is 2.20. The van der Waals surface area contributed by atoms with E-state index < -0.39 is 0 Å². The highest BCUT2D eigenvalue weighted by Gasteiger charge is 2.30. The first-order chi connectivity index (χ1) is 13.4. The lowest BCUT2D eigenvalue weighted by molar-refractivity contribution is 0.181. The molecular formula is C22H32FN5. The fourth-order valence-electron chi connectivity index (χ4n) is 4.10. The van der Waals surface area contributed by atoms with Crippen LogP contribution in [0.4, 0.5) is 10.2 Å². The van der Waals surface area contributed by atoms with Crippen LogP contribution >= 0.6 is 0 Å². The van der Waals surface area contributed by atoms with Crippen LogP contribution in [-0.2, 0) is 13.0 Å². The van der Waals surface area contributed by atoms with Gasteiger partial charge in [0.1, 0.15) is 11.6 Å². The predicted octanol–water partition coefficient (Wildman–Crippen LogP) is 2.31. The number of pyridine rings is 1. The van der Waals surface area contributed by atoms with E-state index in [-0.39, 0.29) is 5.82 Å². The summed E-state index contributed by atoms with van der Waals surface area (Å²) in [5.74, 6) is 0.949. The van der Waals surface area contributed by atoms with E-state index in [4.69, 9.17) is 5.73 Å². The molecule has 28 heavy (non-hydrogen) atoms. The molecule has 0 bridgehead atoms. The molecule has 0 aliphatic carbocycles. The Labute approximate surface area is 167 Å². The third-order valence-electron chi connectivity index (χ3n) is 5.56. The van der Waals surface area contributed by atoms with Gasteiger partial charge in [0.05, 0.1) is 0 Å². The van der Waals surface area contributed by atoms with Gasteiger partial charge in [-0.2, -0.15) is 0 Å². The van der Waals surface area contributed by atoms with Crippen molar-refractivity contribution in [3.63, 3.8) is 0 Å². The fraction of sp³-hybridized carbons (Fsp3) is 0.500. The van der Waals surface area contributed by atoms with E-state index in [1.165, 1.54) is 6.07 Å². The molecule has 0 amide bonds. The Balaban J connectivity index is 1.51. The molecule has 2 aromatic rings. The largest absolute Gasteiger partial charge is 0.384 e. The average molecular weight is 386 g/mol. The van der Waals surface area contributed by atoms with Crippen LogP contribution in [0.15, 0.2) is 36.4 Å². The van der Waals surface area contributed by atoms with Crippen LogP contribution < -0.4 is 11.1 Å². The molecule has 0 radical (unpaired) electrons. The van der Waals surface area contributed by atoms with Crippen molar-refractivity contribution in [2.45, 2.75) is 25.9 Å². The van der Waals surface area contributed by atoms with Crippen molar-refractivity contribution < 1.29 is 4.39 Å². The quantitative estimate of drug-likeness (QED) is 0.730. The van der Waals surface area contributed by atoms with Crippen molar-refractivity contribution >= 4 is 5.82 Å². The second kappa shape index (κ2) is 9.45. The van der Waals surface area contributed by atoms with Gasteiger partial charge in [-0.05, 0) is 75.3 Å². The molecule has 2 heterocycles. The van der Waals surface area contributed by atoms with E-state index in [9.17, 15) is 4.39 Å². The van der Waals surface area contributed by atoms with Crippen molar-refractivity contribution in [2.75, 3.05) is 46.0 Å². The molecule has 0 spiro atoms. The summed E-state index contributed by atoms with van der Waals surface area (Å²) in [5.41, 5.74) is 9.16. The van der Waals surface area contributed by atoms with Gasteiger partial charge in [0.15, 0.2) is 0 Å². The van der Waals surface area contributed by atoms with E-state index in [1.807, 2.05) is 12.1 Å². The van der Waals surface area contributed by atoms with Crippen molar-refractivity contribution in [3.05, 3.63) is 59.0 Å². The summed E-state index contributed by atoms with van der Waals surface area (Å²) in [7, 11) is 4.28. The molecule has 0 saturated carbocycles. The topological polar surface area (TPSA) is 57.4 Å². The molecule has 0 unspecified atom stereocenters. The van der Waals surface area contributed by atoms with Gasteiger partial charge in [-0.15, -0.1) is 0 Å². The number of likely N-dealkylation sites (N-methyl/N-ethyl adjacent to an activating group) is 2. The molecule has 5 nitrogen and oxygen atoms in total. The molecule has 2 atom stereocenters. The maximum absolute atomic E-state index is 13.4. The average Bonchev–Trinajstić information content (AvgIpc) is 3.07. The first kappa shape index (κ1) is 20.7. The maximum atomic E-state index is 13.4. The Morgan fingerprint density at radius 1 is 1.18 bits per heavy atom. The zero-order chi connectivity index (χ0) is 20.1. The number of halogens is 1. The second-order valence-corrected chi connectivity index (χ2v) is 8.10. The molecule has 3 N–H and O–H groups in total. The van der Waals surface area contributed by atoms with Crippen LogP contribution in [0.3, 0.4) is 0 Å². The monoisotopic (exact) mass is 385 g/mol. The highest BCUT2D eigenvalue weighted by molar-refractivity contribution is 5.34.